The molecule has 3 aromatic rings. The van der Waals surface area contributed by atoms with E-state index in [1.165, 1.54) is 0 Å². The molecule has 0 aliphatic heterocycles. The number of methoxy groups -OCH3 is 2. The topological polar surface area (TPSA) is 47.1 Å². The van der Waals surface area contributed by atoms with Crippen molar-refractivity contribution in [1.29, 1.82) is 0 Å². The lowest BCUT2D eigenvalue weighted by Crippen LogP contribution is -2.26. The highest BCUT2D eigenvalue weighted by Crippen LogP contribution is 2.36. The minimum absolute atomic E-state index is 0.579. The SMILES string of the molecule is COc1ccc2c(C(C)(OC)c3cnc[nH]3)cccc2c1. The summed E-state index contributed by atoms with van der Waals surface area (Å²) >= 11 is 0. The monoisotopic (exact) mass is 282 g/mol. The Kier molecular flexibility index (Phi) is 3.39. The third kappa shape index (κ3) is 2.17. The quantitative estimate of drug-likeness (QED) is 0.797. The lowest BCUT2D eigenvalue weighted by atomic mass is 9.88. The Morgan fingerprint density at radius 3 is 2.67 bits per heavy atom. The van der Waals surface area contributed by atoms with E-state index >= 15 is 0 Å². The van der Waals surface area contributed by atoms with Gasteiger partial charge < -0.3 is 14.5 Å². The predicted octanol–water partition coefficient (Wildman–Crippen LogP) is 3.48. The summed E-state index contributed by atoms with van der Waals surface area (Å²) in [5.41, 5.74) is 1.44. The van der Waals surface area contributed by atoms with Gasteiger partial charge in [-0.15, -0.1) is 0 Å². The van der Waals surface area contributed by atoms with Crippen molar-refractivity contribution < 1.29 is 9.47 Å². The molecule has 3 rings (SSSR count). The summed E-state index contributed by atoms with van der Waals surface area (Å²) in [6, 6.07) is 12.3. The molecule has 1 unspecified atom stereocenters. The van der Waals surface area contributed by atoms with Crippen molar-refractivity contribution in [1.82, 2.24) is 9.97 Å². The number of rotatable bonds is 4. The highest BCUT2D eigenvalue weighted by molar-refractivity contribution is 5.88. The maximum Gasteiger partial charge on any atom is 0.132 e. The molecule has 0 fully saturated rings. The van der Waals surface area contributed by atoms with Gasteiger partial charge in [0.15, 0.2) is 0 Å². The van der Waals surface area contributed by atoms with Crippen LogP contribution in [0.1, 0.15) is 18.2 Å². The minimum atomic E-state index is -0.579. The number of nitrogens with zero attached hydrogens (tertiary/aromatic N) is 1. The van der Waals surface area contributed by atoms with Crippen LogP contribution in [0.3, 0.4) is 0 Å². The fraction of sp³-hybridized carbons (Fsp3) is 0.235. The molecule has 2 aromatic carbocycles. The second kappa shape index (κ2) is 5.22. The highest BCUT2D eigenvalue weighted by atomic mass is 16.5. The van der Waals surface area contributed by atoms with Gasteiger partial charge in [-0.2, -0.15) is 0 Å². The summed E-state index contributed by atoms with van der Waals surface area (Å²) in [5.74, 6) is 0.848. The Morgan fingerprint density at radius 1 is 1.14 bits per heavy atom. The number of H-pyrrole nitrogens is 1. The maximum absolute atomic E-state index is 5.83. The number of imidazole rings is 1. The largest absolute Gasteiger partial charge is 0.497 e. The standard InChI is InChI=1S/C17H18N2O2/c1-17(21-3,16-10-18-11-19-16)15-6-4-5-12-9-13(20-2)7-8-14(12)15/h4-11H,1-3H3,(H,18,19). The van der Waals surface area contributed by atoms with Crippen LogP contribution in [0.25, 0.3) is 10.8 Å². The van der Waals surface area contributed by atoms with Crippen molar-refractivity contribution in [3.05, 3.63) is 60.2 Å². The number of aromatic nitrogens is 2. The van der Waals surface area contributed by atoms with Crippen LogP contribution < -0.4 is 4.74 Å². The first-order chi connectivity index (χ1) is 10.2. The number of benzene rings is 2. The number of hydrogen-bond acceptors (Lipinski definition) is 3. The number of nitrogens with one attached hydrogen (secondary N) is 1. The number of fused-ring (bicyclic) bond motifs is 1. The average molecular weight is 282 g/mol. The summed E-state index contributed by atoms with van der Waals surface area (Å²) in [7, 11) is 3.39. The zero-order valence-corrected chi connectivity index (χ0v) is 12.4. The Bertz CT molecular complexity index is 753. The third-order valence-corrected chi connectivity index (χ3v) is 4.02. The minimum Gasteiger partial charge on any atom is -0.497 e. The van der Waals surface area contributed by atoms with Crippen molar-refractivity contribution >= 4 is 10.8 Å². The Morgan fingerprint density at radius 2 is 2.00 bits per heavy atom. The van der Waals surface area contributed by atoms with Gasteiger partial charge in [0.1, 0.15) is 11.4 Å². The molecule has 0 saturated carbocycles. The number of hydrogen-bond donors (Lipinski definition) is 1. The molecule has 1 aromatic heterocycles. The smallest absolute Gasteiger partial charge is 0.132 e. The van der Waals surface area contributed by atoms with Crippen LogP contribution in [0.2, 0.25) is 0 Å². The van der Waals surface area contributed by atoms with Gasteiger partial charge in [-0.1, -0.05) is 24.3 Å². The first-order valence-electron chi connectivity index (χ1n) is 6.80. The molecule has 0 amide bonds. The van der Waals surface area contributed by atoms with Gasteiger partial charge in [-0.05, 0) is 35.4 Å². The van der Waals surface area contributed by atoms with E-state index in [0.29, 0.717) is 0 Å². The Hall–Kier alpha value is -2.33. The van der Waals surface area contributed by atoms with E-state index in [4.69, 9.17) is 9.47 Å². The van der Waals surface area contributed by atoms with Crippen LogP contribution >= 0.6 is 0 Å². The summed E-state index contributed by atoms with van der Waals surface area (Å²) in [5, 5.41) is 2.26. The lowest BCUT2D eigenvalue weighted by molar-refractivity contribution is 0.0370. The molecule has 108 valence electrons. The van der Waals surface area contributed by atoms with Crippen LogP contribution in [-0.4, -0.2) is 24.2 Å². The predicted molar refractivity (Wildman–Crippen MR) is 82.6 cm³/mol. The molecule has 1 N–H and O–H groups in total. The van der Waals surface area contributed by atoms with Crippen LogP contribution in [0, 0.1) is 0 Å². The molecule has 1 heterocycles. The van der Waals surface area contributed by atoms with E-state index < -0.39 is 5.60 Å². The van der Waals surface area contributed by atoms with E-state index in [1.807, 2.05) is 25.1 Å². The molecule has 21 heavy (non-hydrogen) atoms. The van der Waals surface area contributed by atoms with Crippen molar-refractivity contribution in [3.63, 3.8) is 0 Å². The molecule has 0 bridgehead atoms. The Balaban J connectivity index is 2.24. The fourth-order valence-corrected chi connectivity index (χ4v) is 2.69. The lowest BCUT2D eigenvalue weighted by Gasteiger charge is -2.28. The van der Waals surface area contributed by atoms with Gasteiger partial charge in [-0.3, -0.25) is 0 Å². The zero-order valence-electron chi connectivity index (χ0n) is 12.4. The van der Waals surface area contributed by atoms with Gasteiger partial charge in [0.25, 0.3) is 0 Å². The van der Waals surface area contributed by atoms with Crippen molar-refractivity contribution in [3.8, 4) is 5.75 Å². The summed E-state index contributed by atoms with van der Waals surface area (Å²) in [6.45, 7) is 2.04. The van der Waals surface area contributed by atoms with Crippen LogP contribution in [0.4, 0.5) is 0 Å². The van der Waals surface area contributed by atoms with Crippen LogP contribution in [-0.2, 0) is 10.3 Å². The number of aromatic amines is 1. The molecule has 0 aliphatic carbocycles. The summed E-state index contributed by atoms with van der Waals surface area (Å²) < 4.78 is 11.1. The van der Waals surface area contributed by atoms with Crippen molar-refractivity contribution in [2.45, 2.75) is 12.5 Å². The molecule has 0 spiro atoms. The van der Waals surface area contributed by atoms with E-state index in [1.54, 1.807) is 26.7 Å². The summed E-state index contributed by atoms with van der Waals surface area (Å²) in [6.07, 6.45) is 3.46. The summed E-state index contributed by atoms with van der Waals surface area (Å²) in [4.78, 5) is 7.27. The van der Waals surface area contributed by atoms with E-state index in [2.05, 4.69) is 28.2 Å². The average Bonchev–Trinajstić information content (AvgIpc) is 3.08. The van der Waals surface area contributed by atoms with Crippen molar-refractivity contribution in [2.24, 2.45) is 0 Å². The third-order valence-electron chi connectivity index (χ3n) is 4.02. The van der Waals surface area contributed by atoms with E-state index in [0.717, 1.165) is 27.8 Å². The molecule has 0 saturated heterocycles. The number of ether oxygens (including phenoxy) is 2. The maximum atomic E-state index is 5.83. The fourth-order valence-electron chi connectivity index (χ4n) is 2.69. The molecular formula is C17H18N2O2. The van der Waals surface area contributed by atoms with Gasteiger partial charge >= 0.3 is 0 Å². The first-order valence-corrected chi connectivity index (χ1v) is 6.80. The second-order valence-electron chi connectivity index (χ2n) is 5.10. The first kappa shape index (κ1) is 13.6. The normalized spacial score (nSPS) is 14.0. The van der Waals surface area contributed by atoms with Crippen LogP contribution in [0.15, 0.2) is 48.9 Å². The van der Waals surface area contributed by atoms with Gasteiger partial charge in [0.2, 0.25) is 0 Å². The molecule has 1 atom stereocenters. The Labute approximate surface area is 123 Å². The van der Waals surface area contributed by atoms with Crippen molar-refractivity contribution in [2.75, 3.05) is 14.2 Å². The highest BCUT2D eigenvalue weighted by Gasteiger charge is 2.31. The van der Waals surface area contributed by atoms with Gasteiger partial charge in [0, 0.05) is 7.11 Å². The zero-order chi connectivity index (χ0) is 14.9. The van der Waals surface area contributed by atoms with Crippen LogP contribution in [0.5, 0.6) is 5.75 Å². The molecule has 0 aliphatic rings. The molecular weight excluding hydrogens is 264 g/mol. The second-order valence-corrected chi connectivity index (χ2v) is 5.10. The van der Waals surface area contributed by atoms with E-state index in [9.17, 15) is 0 Å². The van der Waals surface area contributed by atoms with Gasteiger partial charge in [-0.25, -0.2) is 4.98 Å². The molecule has 4 nitrogen and oxygen atoms in total. The van der Waals surface area contributed by atoms with Gasteiger partial charge in [0.05, 0.1) is 25.3 Å². The van der Waals surface area contributed by atoms with E-state index in [-0.39, 0.29) is 0 Å². The molecule has 0 radical (unpaired) electrons. The molecule has 4 heteroatoms.